The van der Waals surface area contributed by atoms with Crippen molar-refractivity contribution in [2.75, 3.05) is 7.11 Å². The molecule has 5 nitrogen and oxygen atoms in total. The maximum Gasteiger partial charge on any atom is 0.315 e. The van der Waals surface area contributed by atoms with Crippen LogP contribution in [0.1, 0.15) is 37.0 Å². The van der Waals surface area contributed by atoms with Crippen LogP contribution in [0.25, 0.3) is 0 Å². The van der Waals surface area contributed by atoms with Gasteiger partial charge in [-0.15, -0.1) is 0 Å². The average molecular weight is 415 g/mol. The third-order valence-electron chi connectivity index (χ3n) is 4.89. The summed E-state index contributed by atoms with van der Waals surface area (Å²) in [6.45, 7) is 3.90. The summed E-state index contributed by atoms with van der Waals surface area (Å²) >= 11 is 0. The lowest BCUT2D eigenvalue weighted by molar-refractivity contribution is -0.150. The van der Waals surface area contributed by atoms with Crippen LogP contribution >= 0.6 is 0 Å². The highest BCUT2D eigenvalue weighted by Crippen LogP contribution is 2.31. The van der Waals surface area contributed by atoms with E-state index in [9.17, 15) is 10.1 Å². The molecular formula is C26H25NO4. The molecule has 0 aliphatic heterocycles. The Hall–Kier alpha value is -3.78. The Morgan fingerprint density at radius 2 is 1.52 bits per heavy atom. The molecule has 2 unspecified atom stereocenters. The third kappa shape index (κ3) is 5.64. The van der Waals surface area contributed by atoms with Crippen molar-refractivity contribution in [3.05, 3.63) is 90.0 Å². The zero-order valence-electron chi connectivity index (χ0n) is 17.8. The number of para-hydroxylation sites is 1. The minimum Gasteiger partial charge on any atom is -0.497 e. The van der Waals surface area contributed by atoms with E-state index >= 15 is 0 Å². The number of nitrogens with zero attached hydrogens (tertiary/aromatic N) is 1. The molecule has 0 N–H and O–H groups in total. The van der Waals surface area contributed by atoms with Crippen LogP contribution in [-0.2, 0) is 9.53 Å². The number of carbonyl (C=O) groups is 1. The fraction of sp³-hybridized carbons (Fsp3) is 0.231. The summed E-state index contributed by atoms with van der Waals surface area (Å²) in [5, 5.41) is 9.68. The predicted molar refractivity (Wildman–Crippen MR) is 118 cm³/mol. The van der Waals surface area contributed by atoms with E-state index in [-0.39, 0.29) is 5.92 Å². The molecule has 3 rings (SSSR count). The van der Waals surface area contributed by atoms with Crippen molar-refractivity contribution >= 4 is 5.97 Å². The molecule has 0 fully saturated rings. The molecular weight excluding hydrogens is 390 g/mol. The minimum absolute atomic E-state index is 0.00649. The van der Waals surface area contributed by atoms with Crippen LogP contribution in [0.5, 0.6) is 17.2 Å². The molecule has 0 aromatic heterocycles. The van der Waals surface area contributed by atoms with E-state index in [0.29, 0.717) is 22.8 Å². The first-order valence-corrected chi connectivity index (χ1v) is 10.1. The van der Waals surface area contributed by atoms with Gasteiger partial charge in [0.15, 0.2) is 0 Å². The van der Waals surface area contributed by atoms with E-state index in [1.165, 1.54) is 0 Å². The van der Waals surface area contributed by atoms with Crippen LogP contribution in [0.3, 0.4) is 0 Å². The van der Waals surface area contributed by atoms with Crippen LogP contribution in [-0.4, -0.2) is 13.1 Å². The summed E-state index contributed by atoms with van der Waals surface area (Å²) in [5.74, 6) is 1.02. The summed E-state index contributed by atoms with van der Waals surface area (Å²) < 4.78 is 16.7. The van der Waals surface area contributed by atoms with Gasteiger partial charge in [-0.2, -0.15) is 5.26 Å². The summed E-state index contributed by atoms with van der Waals surface area (Å²) in [6.07, 6.45) is -1.04. The Labute approximate surface area is 182 Å². The highest BCUT2D eigenvalue weighted by atomic mass is 16.5. The third-order valence-corrected chi connectivity index (χ3v) is 4.89. The van der Waals surface area contributed by atoms with Crippen LogP contribution in [0.2, 0.25) is 0 Å². The second-order valence-corrected chi connectivity index (χ2v) is 7.43. The van der Waals surface area contributed by atoms with Gasteiger partial charge in [-0.1, -0.05) is 56.3 Å². The maximum absolute atomic E-state index is 13.0. The SMILES string of the molecule is COc1ccc(C(C(=O)OC(C#N)c2cccc(Oc3ccccc3)c2)C(C)C)cc1. The van der Waals surface area contributed by atoms with E-state index in [2.05, 4.69) is 6.07 Å². The van der Waals surface area contributed by atoms with Gasteiger partial charge in [0.2, 0.25) is 6.10 Å². The Morgan fingerprint density at radius 3 is 2.13 bits per heavy atom. The summed E-state index contributed by atoms with van der Waals surface area (Å²) in [6, 6.07) is 25.8. The number of esters is 1. The summed E-state index contributed by atoms with van der Waals surface area (Å²) in [4.78, 5) is 13.0. The average Bonchev–Trinajstić information content (AvgIpc) is 2.78. The largest absolute Gasteiger partial charge is 0.497 e. The first kappa shape index (κ1) is 21.9. The lowest BCUT2D eigenvalue weighted by atomic mass is 9.88. The van der Waals surface area contributed by atoms with Crippen molar-refractivity contribution in [1.82, 2.24) is 0 Å². The molecule has 5 heteroatoms. The van der Waals surface area contributed by atoms with Crippen molar-refractivity contribution in [3.8, 4) is 23.3 Å². The topological polar surface area (TPSA) is 68.5 Å². The second kappa shape index (κ2) is 10.3. The predicted octanol–water partition coefficient (Wildman–Crippen LogP) is 6.04. The van der Waals surface area contributed by atoms with Gasteiger partial charge in [0.1, 0.15) is 23.3 Å². The number of carbonyl (C=O) groups excluding carboxylic acids is 1. The Balaban J connectivity index is 1.78. The number of benzene rings is 3. The molecule has 0 heterocycles. The maximum atomic E-state index is 13.0. The van der Waals surface area contributed by atoms with E-state index in [4.69, 9.17) is 14.2 Å². The quantitative estimate of drug-likeness (QED) is 0.420. The van der Waals surface area contributed by atoms with Gasteiger partial charge in [-0.3, -0.25) is 4.79 Å². The van der Waals surface area contributed by atoms with Gasteiger partial charge in [0.05, 0.1) is 13.0 Å². The van der Waals surface area contributed by atoms with Crippen LogP contribution < -0.4 is 9.47 Å². The minimum atomic E-state index is -1.04. The van der Waals surface area contributed by atoms with Gasteiger partial charge in [-0.25, -0.2) is 0 Å². The molecule has 0 amide bonds. The lowest BCUT2D eigenvalue weighted by Crippen LogP contribution is -2.22. The number of nitriles is 1. The van der Waals surface area contributed by atoms with Crippen LogP contribution in [0, 0.1) is 17.2 Å². The van der Waals surface area contributed by atoms with E-state index in [1.54, 1.807) is 31.4 Å². The smallest absolute Gasteiger partial charge is 0.315 e. The molecule has 0 radical (unpaired) electrons. The van der Waals surface area contributed by atoms with Gasteiger partial charge < -0.3 is 14.2 Å². The normalized spacial score (nSPS) is 12.5. The fourth-order valence-corrected chi connectivity index (χ4v) is 3.33. The number of rotatable bonds is 8. The molecule has 3 aromatic rings. The molecule has 158 valence electrons. The molecule has 0 bridgehead atoms. The second-order valence-electron chi connectivity index (χ2n) is 7.43. The molecule has 3 aromatic carbocycles. The molecule has 0 saturated heterocycles. The van der Waals surface area contributed by atoms with Crippen molar-refractivity contribution in [2.24, 2.45) is 5.92 Å². The number of hydrogen-bond donors (Lipinski definition) is 0. The molecule has 0 spiro atoms. The zero-order chi connectivity index (χ0) is 22.2. The number of ether oxygens (including phenoxy) is 3. The number of methoxy groups -OCH3 is 1. The summed E-state index contributed by atoms with van der Waals surface area (Å²) in [7, 11) is 1.59. The highest BCUT2D eigenvalue weighted by molar-refractivity contribution is 5.79. The van der Waals surface area contributed by atoms with Crippen molar-refractivity contribution in [1.29, 1.82) is 5.26 Å². The van der Waals surface area contributed by atoms with Gasteiger partial charge in [0.25, 0.3) is 0 Å². The summed E-state index contributed by atoms with van der Waals surface area (Å²) in [5.41, 5.74) is 1.38. The molecule has 31 heavy (non-hydrogen) atoms. The van der Waals surface area contributed by atoms with E-state index < -0.39 is 18.0 Å². The Kier molecular flexibility index (Phi) is 7.29. The Morgan fingerprint density at radius 1 is 0.839 bits per heavy atom. The van der Waals surface area contributed by atoms with Crippen molar-refractivity contribution in [2.45, 2.75) is 25.9 Å². The van der Waals surface area contributed by atoms with Crippen molar-refractivity contribution in [3.63, 3.8) is 0 Å². The van der Waals surface area contributed by atoms with Gasteiger partial charge in [0, 0.05) is 5.56 Å². The van der Waals surface area contributed by atoms with Crippen LogP contribution in [0.4, 0.5) is 0 Å². The number of hydrogen-bond acceptors (Lipinski definition) is 5. The fourth-order valence-electron chi connectivity index (χ4n) is 3.33. The molecule has 0 aliphatic rings. The van der Waals surface area contributed by atoms with Gasteiger partial charge >= 0.3 is 5.97 Å². The zero-order valence-corrected chi connectivity index (χ0v) is 17.8. The van der Waals surface area contributed by atoms with Crippen molar-refractivity contribution < 1.29 is 19.0 Å². The van der Waals surface area contributed by atoms with Gasteiger partial charge in [-0.05, 0) is 47.9 Å². The standard InChI is InChI=1S/C26H25NO4/c1-18(2)25(19-12-14-21(29-3)15-13-19)26(28)31-24(17-27)20-8-7-11-23(16-20)30-22-9-5-4-6-10-22/h4-16,18,24-25H,1-3H3. The lowest BCUT2D eigenvalue weighted by Gasteiger charge is -2.22. The molecule has 0 saturated carbocycles. The molecule has 0 aliphatic carbocycles. The monoisotopic (exact) mass is 415 g/mol. The van der Waals surface area contributed by atoms with E-state index in [0.717, 1.165) is 5.56 Å². The first-order chi connectivity index (χ1) is 15.0. The van der Waals surface area contributed by atoms with E-state index in [1.807, 2.05) is 68.4 Å². The first-order valence-electron chi connectivity index (χ1n) is 10.1. The Bertz CT molecular complexity index is 1040. The van der Waals surface area contributed by atoms with Crippen LogP contribution in [0.15, 0.2) is 78.9 Å². The molecule has 2 atom stereocenters. The highest BCUT2D eigenvalue weighted by Gasteiger charge is 2.29.